The van der Waals surface area contributed by atoms with Crippen LogP contribution in [0.2, 0.25) is 0 Å². The van der Waals surface area contributed by atoms with Crippen molar-refractivity contribution in [1.29, 1.82) is 0 Å². The van der Waals surface area contributed by atoms with Gasteiger partial charge in [0, 0.05) is 18.3 Å². The number of nitrogens with two attached hydrogens (primary N) is 2. The Kier molecular flexibility index (Phi) is 3.40. The van der Waals surface area contributed by atoms with Gasteiger partial charge in [0.15, 0.2) is 0 Å². The largest absolute Gasteiger partial charge is 0.397 e. The topological polar surface area (TPSA) is 93.6 Å². The minimum atomic E-state index is -0.299. The molecule has 1 amide bonds. The van der Waals surface area contributed by atoms with Gasteiger partial charge < -0.3 is 26.4 Å². The predicted octanol–water partition coefficient (Wildman–Crippen LogP) is 0.335. The molecule has 2 aliphatic rings. The zero-order valence-electron chi connectivity index (χ0n) is 11.3. The van der Waals surface area contributed by atoms with Crippen molar-refractivity contribution in [2.45, 2.75) is 24.9 Å². The molecule has 1 aliphatic heterocycles. The van der Waals surface area contributed by atoms with Gasteiger partial charge in [-0.25, -0.2) is 0 Å². The highest BCUT2D eigenvalue weighted by molar-refractivity contribution is 5.86. The lowest BCUT2D eigenvalue weighted by atomic mass is 10.1. The second kappa shape index (κ2) is 5.20. The number of hydrogen-bond acceptors (Lipinski definition) is 5. The van der Waals surface area contributed by atoms with Crippen molar-refractivity contribution in [3.63, 3.8) is 0 Å². The molecule has 1 saturated carbocycles. The van der Waals surface area contributed by atoms with Crippen molar-refractivity contribution < 1.29 is 9.53 Å². The molecule has 20 heavy (non-hydrogen) atoms. The Hall–Kier alpha value is -1.95. The lowest BCUT2D eigenvalue weighted by Crippen LogP contribution is -2.54. The Morgan fingerprint density at radius 3 is 2.80 bits per heavy atom. The first kappa shape index (κ1) is 13.1. The van der Waals surface area contributed by atoms with Gasteiger partial charge in [0.25, 0.3) is 0 Å². The molecule has 1 unspecified atom stereocenters. The summed E-state index contributed by atoms with van der Waals surface area (Å²) in [6, 6.07) is 5.54. The van der Waals surface area contributed by atoms with Crippen molar-refractivity contribution in [3.05, 3.63) is 18.2 Å². The van der Waals surface area contributed by atoms with E-state index in [1.807, 2.05) is 17.0 Å². The fourth-order valence-corrected chi connectivity index (χ4v) is 2.40. The molecule has 1 saturated heterocycles. The molecule has 2 fully saturated rings. The van der Waals surface area contributed by atoms with Crippen molar-refractivity contribution in [3.8, 4) is 0 Å². The van der Waals surface area contributed by atoms with Gasteiger partial charge in [-0.05, 0) is 31.0 Å². The maximum atomic E-state index is 12.3. The van der Waals surface area contributed by atoms with E-state index in [1.54, 1.807) is 6.07 Å². The molecule has 1 aromatic rings. The molecule has 3 rings (SSSR count). The van der Waals surface area contributed by atoms with Gasteiger partial charge in [0.1, 0.15) is 6.04 Å². The van der Waals surface area contributed by atoms with Crippen LogP contribution < -0.4 is 21.7 Å². The number of ether oxygens (including phenoxy) is 1. The second-order valence-corrected chi connectivity index (χ2v) is 5.38. The highest BCUT2D eigenvalue weighted by atomic mass is 16.5. The van der Waals surface area contributed by atoms with E-state index in [0.717, 1.165) is 18.5 Å². The van der Waals surface area contributed by atoms with E-state index in [1.165, 1.54) is 0 Å². The number of morpholine rings is 1. The minimum absolute atomic E-state index is 0.0302. The quantitative estimate of drug-likeness (QED) is 0.692. The van der Waals surface area contributed by atoms with Crippen LogP contribution in [0.1, 0.15) is 12.8 Å². The molecule has 1 aliphatic carbocycles. The third-order valence-corrected chi connectivity index (χ3v) is 3.76. The molecule has 6 heteroatoms. The van der Waals surface area contributed by atoms with E-state index in [4.69, 9.17) is 16.2 Å². The third kappa shape index (κ3) is 2.65. The Labute approximate surface area is 118 Å². The van der Waals surface area contributed by atoms with E-state index >= 15 is 0 Å². The van der Waals surface area contributed by atoms with Crippen LogP contribution in [-0.2, 0) is 9.53 Å². The molecule has 0 radical (unpaired) electrons. The van der Waals surface area contributed by atoms with Crippen LogP contribution in [0.4, 0.5) is 17.1 Å². The van der Waals surface area contributed by atoms with Gasteiger partial charge in [-0.2, -0.15) is 0 Å². The summed E-state index contributed by atoms with van der Waals surface area (Å²) in [5, 5.41) is 3.03. The van der Waals surface area contributed by atoms with E-state index in [-0.39, 0.29) is 11.9 Å². The van der Waals surface area contributed by atoms with Gasteiger partial charge >= 0.3 is 0 Å². The fraction of sp³-hybridized carbons (Fsp3) is 0.500. The number of nitrogen functional groups attached to an aromatic ring is 2. The lowest BCUT2D eigenvalue weighted by Gasteiger charge is -2.36. The zero-order chi connectivity index (χ0) is 14.1. The van der Waals surface area contributed by atoms with Crippen LogP contribution in [0, 0.1) is 0 Å². The van der Waals surface area contributed by atoms with Crippen molar-refractivity contribution in [2.75, 3.05) is 36.1 Å². The molecule has 108 valence electrons. The number of benzene rings is 1. The molecule has 1 heterocycles. The first-order valence-corrected chi connectivity index (χ1v) is 6.95. The summed E-state index contributed by atoms with van der Waals surface area (Å²) in [5.74, 6) is 0.0302. The highest BCUT2D eigenvalue weighted by Gasteiger charge is 2.33. The molecule has 1 aromatic carbocycles. The average Bonchev–Trinajstić information content (AvgIpc) is 3.26. The molecule has 0 bridgehead atoms. The van der Waals surface area contributed by atoms with Gasteiger partial charge in [0.2, 0.25) is 5.91 Å². The number of carbonyl (C=O) groups is 1. The van der Waals surface area contributed by atoms with Crippen molar-refractivity contribution >= 4 is 23.0 Å². The first-order chi connectivity index (χ1) is 9.65. The number of carbonyl (C=O) groups excluding carboxylic acids is 1. The zero-order valence-corrected chi connectivity index (χ0v) is 11.3. The lowest BCUT2D eigenvalue weighted by molar-refractivity contribution is -0.124. The summed E-state index contributed by atoms with van der Waals surface area (Å²) in [7, 11) is 0. The molecule has 5 N–H and O–H groups in total. The summed E-state index contributed by atoms with van der Waals surface area (Å²) in [4.78, 5) is 14.3. The number of anilines is 3. The summed E-state index contributed by atoms with van der Waals surface area (Å²) >= 11 is 0. The van der Waals surface area contributed by atoms with Crippen LogP contribution in [0.5, 0.6) is 0 Å². The van der Waals surface area contributed by atoms with Crippen LogP contribution in [0.3, 0.4) is 0 Å². The summed E-state index contributed by atoms with van der Waals surface area (Å²) < 4.78 is 5.45. The molecular formula is C14H20N4O2. The summed E-state index contributed by atoms with van der Waals surface area (Å²) in [6.45, 7) is 1.69. The second-order valence-electron chi connectivity index (χ2n) is 5.38. The van der Waals surface area contributed by atoms with Crippen LogP contribution in [0.25, 0.3) is 0 Å². The highest BCUT2D eigenvalue weighted by Crippen LogP contribution is 2.26. The van der Waals surface area contributed by atoms with Gasteiger partial charge in [-0.15, -0.1) is 0 Å². The maximum Gasteiger partial charge on any atom is 0.245 e. The van der Waals surface area contributed by atoms with E-state index in [2.05, 4.69) is 5.32 Å². The summed E-state index contributed by atoms with van der Waals surface area (Å²) in [5.41, 5.74) is 13.6. The average molecular weight is 276 g/mol. The normalized spacial score (nSPS) is 22.6. The van der Waals surface area contributed by atoms with E-state index < -0.39 is 0 Å². The smallest absolute Gasteiger partial charge is 0.245 e. The third-order valence-electron chi connectivity index (χ3n) is 3.76. The molecule has 1 atom stereocenters. The number of nitrogens with one attached hydrogen (secondary N) is 1. The number of rotatable bonds is 3. The van der Waals surface area contributed by atoms with Gasteiger partial charge in [0.05, 0.1) is 24.6 Å². The number of amides is 1. The Morgan fingerprint density at radius 1 is 1.30 bits per heavy atom. The van der Waals surface area contributed by atoms with Gasteiger partial charge in [-0.3, -0.25) is 4.79 Å². The summed E-state index contributed by atoms with van der Waals surface area (Å²) in [6.07, 6.45) is 2.16. The van der Waals surface area contributed by atoms with Crippen LogP contribution in [0.15, 0.2) is 18.2 Å². The standard InChI is InChI=1S/C14H20N4O2/c15-11-4-3-10(7-12(11)16)18-5-6-20-8-13(18)14(19)17-9-1-2-9/h3-4,7,9,13H,1-2,5-6,8,15-16H2,(H,17,19). The van der Waals surface area contributed by atoms with Crippen molar-refractivity contribution in [2.24, 2.45) is 0 Å². The van der Waals surface area contributed by atoms with E-state index in [0.29, 0.717) is 37.2 Å². The number of nitrogens with zero attached hydrogens (tertiary/aromatic N) is 1. The van der Waals surface area contributed by atoms with Crippen molar-refractivity contribution in [1.82, 2.24) is 5.32 Å². The van der Waals surface area contributed by atoms with Gasteiger partial charge in [-0.1, -0.05) is 0 Å². The fourth-order valence-electron chi connectivity index (χ4n) is 2.40. The molecular weight excluding hydrogens is 256 g/mol. The Morgan fingerprint density at radius 2 is 2.10 bits per heavy atom. The maximum absolute atomic E-state index is 12.3. The van der Waals surface area contributed by atoms with Crippen LogP contribution in [-0.4, -0.2) is 37.7 Å². The number of hydrogen-bond donors (Lipinski definition) is 3. The SMILES string of the molecule is Nc1ccc(N2CCOCC2C(=O)NC2CC2)cc1N. The Balaban J connectivity index is 1.79. The Bertz CT molecular complexity index is 516. The molecule has 6 nitrogen and oxygen atoms in total. The monoisotopic (exact) mass is 276 g/mol. The molecule has 0 spiro atoms. The first-order valence-electron chi connectivity index (χ1n) is 6.95. The van der Waals surface area contributed by atoms with E-state index in [9.17, 15) is 4.79 Å². The predicted molar refractivity (Wildman–Crippen MR) is 78.4 cm³/mol. The van der Waals surface area contributed by atoms with Crippen LogP contribution >= 0.6 is 0 Å². The molecule has 0 aromatic heterocycles. The minimum Gasteiger partial charge on any atom is -0.397 e.